The number of phenolic OH excluding ortho intramolecular Hbond substituents is 2. The minimum absolute atomic E-state index is 0.0551. The first-order chi connectivity index (χ1) is 14.5. The molecule has 0 amide bonds. The molecule has 0 saturated carbocycles. The zero-order chi connectivity index (χ0) is 23.2. The van der Waals surface area contributed by atoms with Gasteiger partial charge in [-0.3, -0.25) is 0 Å². The van der Waals surface area contributed by atoms with Crippen LogP contribution in [0.5, 0.6) is 17.2 Å². The number of phenols is 2. The summed E-state index contributed by atoms with van der Waals surface area (Å²) >= 11 is 0. The first-order valence-corrected chi connectivity index (χ1v) is 11.7. The first-order valence-electron chi connectivity index (χ1n) is 11.7. The second-order valence-corrected chi connectivity index (χ2v) is 9.81. The fraction of sp³-hybridized carbons (Fsp3) is 0.571. The van der Waals surface area contributed by atoms with Crippen LogP contribution in [0.25, 0.3) is 0 Å². The van der Waals surface area contributed by atoms with Crippen molar-refractivity contribution in [3.63, 3.8) is 0 Å². The largest absolute Gasteiger partial charge is 0.504 e. The second kappa shape index (κ2) is 10.9. The summed E-state index contributed by atoms with van der Waals surface area (Å²) in [7, 11) is 0. The molecule has 0 radical (unpaired) electrons. The van der Waals surface area contributed by atoms with Gasteiger partial charge in [-0.25, -0.2) is 0 Å². The molecule has 1 aromatic rings. The molecule has 0 fully saturated rings. The van der Waals surface area contributed by atoms with Crippen molar-refractivity contribution in [3.8, 4) is 17.2 Å². The molecule has 2 N–H and O–H groups in total. The van der Waals surface area contributed by atoms with Gasteiger partial charge in [-0.15, -0.1) is 0 Å². The lowest BCUT2D eigenvalue weighted by molar-refractivity contribution is 0.0530. The highest BCUT2D eigenvalue weighted by atomic mass is 16.5. The molecule has 1 aliphatic heterocycles. The molecule has 31 heavy (non-hydrogen) atoms. The number of fused-ring (bicyclic) bond motifs is 1. The minimum Gasteiger partial charge on any atom is -0.504 e. The van der Waals surface area contributed by atoms with Gasteiger partial charge in [0.05, 0.1) is 0 Å². The maximum Gasteiger partial charge on any atom is 0.201 e. The Bertz CT molecular complexity index is 869. The van der Waals surface area contributed by atoms with Crippen molar-refractivity contribution in [2.24, 2.45) is 0 Å². The molecular weight excluding hydrogens is 384 g/mol. The van der Waals surface area contributed by atoms with Crippen molar-refractivity contribution in [3.05, 3.63) is 51.6 Å². The average molecular weight is 427 g/mol. The predicted molar refractivity (Wildman–Crippen MR) is 131 cm³/mol. The molecule has 2 rings (SSSR count). The van der Waals surface area contributed by atoms with Gasteiger partial charge in [0, 0.05) is 5.56 Å². The monoisotopic (exact) mass is 426 g/mol. The Morgan fingerprint density at radius 2 is 1.45 bits per heavy atom. The molecule has 3 nitrogen and oxygen atoms in total. The Morgan fingerprint density at radius 3 is 2.06 bits per heavy atom. The predicted octanol–water partition coefficient (Wildman–Crippen LogP) is 8.00. The number of benzene rings is 1. The second-order valence-electron chi connectivity index (χ2n) is 9.81. The van der Waals surface area contributed by atoms with Crippen LogP contribution in [0.4, 0.5) is 0 Å². The van der Waals surface area contributed by atoms with Crippen LogP contribution in [0.15, 0.2) is 34.9 Å². The van der Waals surface area contributed by atoms with E-state index >= 15 is 0 Å². The van der Waals surface area contributed by atoms with Crippen LogP contribution in [0, 0.1) is 13.8 Å². The fourth-order valence-electron chi connectivity index (χ4n) is 4.24. The van der Waals surface area contributed by atoms with Gasteiger partial charge >= 0.3 is 0 Å². The van der Waals surface area contributed by atoms with E-state index in [1.54, 1.807) is 0 Å². The van der Waals surface area contributed by atoms with Crippen LogP contribution in [0.2, 0.25) is 0 Å². The average Bonchev–Trinajstić information content (AvgIpc) is 2.70. The third-order valence-electron chi connectivity index (χ3n) is 6.62. The van der Waals surface area contributed by atoms with Crippen molar-refractivity contribution in [1.82, 2.24) is 0 Å². The van der Waals surface area contributed by atoms with Gasteiger partial charge in [-0.1, -0.05) is 34.9 Å². The lowest BCUT2D eigenvalue weighted by atomic mass is 9.85. The van der Waals surface area contributed by atoms with E-state index in [0.29, 0.717) is 5.75 Å². The summed E-state index contributed by atoms with van der Waals surface area (Å²) in [5, 5.41) is 20.6. The molecule has 0 aliphatic carbocycles. The molecule has 1 unspecified atom stereocenters. The molecule has 0 saturated heterocycles. The maximum atomic E-state index is 10.4. The molecule has 1 atom stereocenters. The number of allylic oxidation sites excluding steroid dienone is 6. The minimum atomic E-state index is -0.323. The van der Waals surface area contributed by atoms with Crippen LogP contribution >= 0.6 is 0 Å². The summed E-state index contributed by atoms with van der Waals surface area (Å²) in [6, 6.07) is 0. The topological polar surface area (TPSA) is 49.7 Å². The summed E-state index contributed by atoms with van der Waals surface area (Å²) in [5.41, 5.74) is 6.75. The smallest absolute Gasteiger partial charge is 0.201 e. The summed E-state index contributed by atoms with van der Waals surface area (Å²) in [6.07, 6.45) is 15.1. The van der Waals surface area contributed by atoms with Gasteiger partial charge in [0.25, 0.3) is 0 Å². The zero-order valence-corrected chi connectivity index (χ0v) is 20.7. The summed E-state index contributed by atoms with van der Waals surface area (Å²) < 4.78 is 6.26. The number of hydrogen-bond donors (Lipinski definition) is 2. The van der Waals surface area contributed by atoms with E-state index in [0.717, 1.165) is 68.1 Å². The van der Waals surface area contributed by atoms with E-state index in [-0.39, 0.29) is 17.1 Å². The van der Waals surface area contributed by atoms with E-state index in [1.165, 1.54) is 16.7 Å². The normalized spacial score (nSPS) is 19.1. The van der Waals surface area contributed by atoms with Crippen molar-refractivity contribution in [1.29, 1.82) is 0 Å². The highest BCUT2D eigenvalue weighted by Crippen LogP contribution is 2.48. The van der Waals surface area contributed by atoms with Crippen molar-refractivity contribution in [2.45, 2.75) is 105 Å². The Labute approximate surface area is 189 Å². The number of aromatic hydroxyl groups is 2. The summed E-state index contributed by atoms with van der Waals surface area (Å²) in [6.45, 7) is 14.7. The molecule has 0 bridgehead atoms. The highest BCUT2D eigenvalue weighted by Gasteiger charge is 2.35. The van der Waals surface area contributed by atoms with E-state index < -0.39 is 0 Å². The lowest BCUT2D eigenvalue weighted by Gasteiger charge is -2.37. The Hall–Kier alpha value is -2.16. The van der Waals surface area contributed by atoms with E-state index in [9.17, 15) is 10.2 Å². The van der Waals surface area contributed by atoms with Gasteiger partial charge in [-0.2, -0.15) is 0 Å². The van der Waals surface area contributed by atoms with Crippen LogP contribution in [0.3, 0.4) is 0 Å². The van der Waals surface area contributed by atoms with E-state index in [4.69, 9.17) is 4.74 Å². The number of ether oxygens (including phenoxy) is 1. The quantitative estimate of drug-likeness (QED) is 0.311. The van der Waals surface area contributed by atoms with Gasteiger partial charge < -0.3 is 14.9 Å². The highest BCUT2D eigenvalue weighted by molar-refractivity contribution is 5.62. The Morgan fingerprint density at radius 1 is 0.871 bits per heavy atom. The molecule has 1 heterocycles. The van der Waals surface area contributed by atoms with E-state index in [1.807, 2.05) is 13.8 Å². The van der Waals surface area contributed by atoms with Crippen LogP contribution in [-0.4, -0.2) is 15.8 Å². The van der Waals surface area contributed by atoms with Crippen LogP contribution < -0.4 is 4.74 Å². The fourth-order valence-corrected chi connectivity index (χ4v) is 4.24. The number of rotatable bonds is 9. The molecule has 0 spiro atoms. The zero-order valence-electron chi connectivity index (χ0n) is 20.7. The summed E-state index contributed by atoms with van der Waals surface area (Å²) in [5.74, 6) is 0.312. The SMILES string of the molecule is CC(C)=CCCC(C)=CCCC(C)=CCCC1(C)CCc2c(C)c(C)c(O)c(O)c2O1. The standard InChI is InChI=1S/C28H42O3/c1-19(2)11-8-12-20(3)13-9-14-21(4)15-10-17-28(7)18-16-24-22(5)23(6)25(29)26(30)27(24)31-28/h11,13,15,29-30H,8-10,12,14,16-18H2,1-7H3. The first kappa shape index (κ1) is 25.1. The molecule has 1 aliphatic rings. The van der Waals surface area contributed by atoms with Crippen LogP contribution in [0.1, 0.15) is 96.3 Å². The van der Waals surface area contributed by atoms with Crippen molar-refractivity contribution >= 4 is 0 Å². The maximum absolute atomic E-state index is 10.4. The van der Waals surface area contributed by atoms with Crippen LogP contribution in [-0.2, 0) is 6.42 Å². The third kappa shape index (κ3) is 6.92. The molecule has 3 heteroatoms. The molecular formula is C28H42O3. The van der Waals surface area contributed by atoms with Gasteiger partial charge in [0.1, 0.15) is 5.60 Å². The summed E-state index contributed by atoms with van der Waals surface area (Å²) in [4.78, 5) is 0. The number of hydrogen-bond acceptors (Lipinski definition) is 3. The lowest BCUT2D eigenvalue weighted by Crippen LogP contribution is -2.36. The van der Waals surface area contributed by atoms with Crippen molar-refractivity contribution in [2.75, 3.05) is 0 Å². The van der Waals surface area contributed by atoms with Crippen molar-refractivity contribution < 1.29 is 14.9 Å². The Kier molecular flexibility index (Phi) is 8.85. The van der Waals surface area contributed by atoms with Gasteiger partial charge in [0.15, 0.2) is 11.5 Å². The molecule has 172 valence electrons. The van der Waals surface area contributed by atoms with Gasteiger partial charge in [-0.05, 0) is 111 Å². The Balaban J connectivity index is 1.88. The van der Waals surface area contributed by atoms with Gasteiger partial charge in [0.2, 0.25) is 5.75 Å². The third-order valence-corrected chi connectivity index (χ3v) is 6.62. The van der Waals surface area contributed by atoms with E-state index in [2.05, 4.69) is 52.8 Å². The molecule has 0 aromatic heterocycles. The molecule has 1 aromatic carbocycles.